The minimum atomic E-state index is -0.0431. The number of carbonyl (C=O) groups is 1. The summed E-state index contributed by atoms with van der Waals surface area (Å²) < 4.78 is 5.19. The molecule has 1 aromatic heterocycles. The molecule has 41 heavy (non-hydrogen) atoms. The molecule has 1 aromatic carbocycles. The van der Waals surface area contributed by atoms with Crippen LogP contribution < -0.4 is 10.2 Å². The zero-order valence-electron chi connectivity index (χ0n) is 24.4. The van der Waals surface area contributed by atoms with Gasteiger partial charge in [0.25, 0.3) is 0 Å². The van der Waals surface area contributed by atoms with Crippen molar-refractivity contribution in [2.45, 2.75) is 64.1 Å². The van der Waals surface area contributed by atoms with E-state index < -0.39 is 0 Å². The maximum absolute atomic E-state index is 12.0. The summed E-state index contributed by atoms with van der Waals surface area (Å²) in [6.07, 6.45) is 6.36. The second-order valence-corrected chi connectivity index (χ2v) is 12.3. The van der Waals surface area contributed by atoms with Gasteiger partial charge in [-0.15, -0.1) is 0 Å². The molecule has 3 fully saturated rings. The van der Waals surface area contributed by atoms with E-state index in [1.54, 1.807) is 0 Å². The fourth-order valence-corrected chi connectivity index (χ4v) is 7.19. The van der Waals surface area contributed by atoms with Crippen LogP contribution in [0.2, 0.25) is 5.02 Å². The monoisotopic (exact) mass is 578 g/mol. The molecule has 9 heteroatoms. The Morgan fingerprint density at radius 2 is 1.93 bits per heavy atom. The van der Waals surface area contributed by atoms with Crippen LogP contribution in [-0.4, -0.2) is 91.1 Å². The number of piperidine rings is 1. The van der Waals surface area contributed by atoms with Gasteiger partial charge in [0.2, 0.25) is 0 Å². The molecule has 1 aliphatic carbocycles. The zero-order chi connectivity index (χ0) is 28.3. The van der Waals surface area contributed by atoms with E-state index in [-0.39, 0.29) is 11.9 Å². The lowest BCUT2D eigenvalue weighted by Crippen LogP contribution is -2.58. The summed E-state index contributed by atoms with van der Waals surface area (Å²) in [5.41, 5.74) is 3.59. The van der Waals surface area contributed by atoms with Gasteiger partial charge in [-0.1, -0.05) is 42.8 Å². The highest BCUT2D eigenvalue weighted by molar-refractivity contribution is 6.33. The van der Waals surface area contributed by atoms with Crippen molar-refractivity contribution in [3.63, 3.8) is 0 Å². The topological polar surface area (TPSA) is 73.3 Å². The second kappa shape index (κ2) is 12.7. The van der Waals surface area contributed by atoms with Crippen molar-refractivity contribution in [1.82, 2.24) is 20.1 Å². The molecule has 3 aliphatic heterocycles. The predicted molar refractivity (Wildman–Crippen MR) is 164 cm³/mol. The number of aromatic nitrogens is 1. The molecule has 0 bridgehead atoms. The van der Waals surface area contributed by atoms with E-state index in [1.165, 1.54) is 24.0 Å². The van der Waals surface area contributed by atoms with Gasteiger partial charge in [-0.25, -0.2) is 4.98 Å². The standard InChI is InChI=1S/C32H43ClN6O2/c1-3-25-21-38(31-29(33)17-24(19-36-31)30-34-11-12-35-30)15-16-39(25)26-9-13-37(14-10-26)20-22-5-7-23(8-6-22)27-18-28(27)32(40)41-4-2/h5-8,17,19,25-28H,3-4,9-16,18,20-21H2,1-2H3,(H,34,35)/t25-,27?,28?/m0/s1. The molecule has 0 radical (unpaired) electrons. The molecule has 220 valence electrons. The number of anilines is 1. The zero-order valence-corrected chi connectivity index (χ0v) is 25.2. The van der Waals surface area contributed by atoms with Gasteiger partial charge in [-0.3, -0.25) is 19.6 Å². The average Bonchev–Trinajstić information content (AvgIpc) is 3.61. The maximum Gasteiger partial charge on any atom is 0.309 e. The van der Waals surface area contributed by atoms with E-state index >= 15 is 0 Å². The number of rotatable bonds is 9. The van der Waals surface area contributed by atoms with Gasteiger partial charge in [0.15, 0.2) is 0 Å². The Morgan fingerprint density at radius 1 is 1.12 bits per heavy atom. The summed E-state index contributed by atoms with van der Waals surface area (Å²) in [4.78, 5) is 29.0. The van der Waals surface area contributed by atoms with E-state index in [9.17, 15) is 4.79 Å². The molecule has 6 rings (SSSR count). The summed E-state index contributed by atoms with van der Waals surface area (Å²) in [5, 5.41) is 4.01. The Morgan fingerprint density at radius 3 is 2.61 bits per heavy atom. The van der Waals surface area contributed by atoms with Crippen molar-refractivity contribution < 1.29 is 9.53 Å². The van der Waals surface area contributed by atoms with Gasteiger partial charge >= 0.3 is 5.97 Å². The van der Waals surface area contributed by atoms with Crippen LogP contribution in [0.5, 0.6) is 0 Å². The molecule has 0 spiro atoms. The van der Waals surface area contributed by atoms with Crippen LogP contribution in [0, 0.1) is 5.92 Å². The lowest BCUT2D eigenvalue weighted by atomic mass is 9.97. The Kier molecular flexibility index (Phi) is 8.79. The van der Waals surface area contributed by atoms with E-state index in [4.69, 9.17) is 21.3 Å². The summed E-state index contributed by atoms with van der Waals surface area (Å²) in [5.74, 6) is 2.13. The minimum absolute atomic E-state index is 0.0431. The number of nitrogens with zero attached hydrogens (tertiary/aromatic N) is 5. The first kappa shape index (κ1) is 28.4. The van der Waals surface area contributed by atoms with Crippen LogP contribution >= 0.6 is 11.6 Å². The SMILES string of the molecule is CCOC(=O)C1CC1c1ccc(CN2CCC(N3CCN(c4ncc(C5=NCCN5)cc4Cl)C[C@@H]3CC)CC2)cc1. The Bertz CT molecular complexity index is 1250. The molecule has 2 aromatic rings. The fourth-order valence-electron chi connectivity index (χ4n) is 6.90. The van der Waals surface area contributed by atoms with Crippen molar-refractivity contribution in [3.8, 4) is 0 Å². The normalized spacial score (nSPS) is 25.6. The molecule has 0 amide bonds. The Labute approximate surface area is 249 Å². The number of piperazine rings is 1. The Balaban J connectivity index is 0.988. The van der Waals surface area contributed by atoms with Crippen molar-refractivity contribution in [1.29, 1.82) is 0 Å². The third-order valence-corrected chi connectivity index (χ3v) is 9.57. The molecule has 4 aliphatic rings. The summed E-state index contributed by atoms with van der Waals surface area (Å²) in [6, 6.07) is 12.1. The van der Waals surface area contributed by atoms with E-state index in [1.807, 2.05) is 19.2 Å². The number of nitrogens with one attached hydrogen (secondary N) is 1. The van der Waals surface area contributed by atoms with Gasteiger partial charge < -0.3 is 15.0 Å². The number of hydrogen-bond donors (Lipinski definition) is 1. The third kappa shape index (κ3) is 6.40. The van der Waals surface area contributed by atoms with Gasteiger partial charge in [-0.05, 0) is 68.8 Å². The van der Waals surface area contributed by atoms with Crippen LogP contribution in [0.15, 0.2) is 41.5 Å². The molecule has 8 nitrogen and oxygen atoms in total. The number of halogens is 1. The van der Waals surface area contributed by atoms with E-state index in [0.717, 1.165) is 82.4 Å². The van der Waals surface area contributed by atoms with Gasteiger partial charge in [0.1, 0.15) is 11.7 Å². The number of esters is 1. The molecular formula is C32H43ClN6O2. The highest BCUT2D eigenvalue weighted by Crippen LogP contribution is 2.48. The first-order chi connectivity index (χ1) is 20.0. The van der Waals surface area contributed by atoms with Crippen molar-refractivity contribution in [2.75, 3.05) is 57.3 Å². The van der Waals surface area contributed by atoms with Crippen molar-refractivity contribution in [2.24, 2.45) is 10.9 Å². The lowest BCUT2D eigenvalue weighted by Gasteiger charge is -2.47. The average molecular weight is 579 g/mol. The number of likely N-dealkylation sites (tertiary alicyclic amines) is 1. The third-order valence-electron chi connectivity index (χ3n) is 9.29. The highest BCUT2D eigenvalue weighted by Gasteiger charge is 2.45. The van der Waals surface area contributed by atoms with Crippen molar-refractivity contribution in [3.05, 3.63) is 58.2 Å². The molecule has 2 saturated heterocycles. The largest absolute Gasteiger partial charge is 0.466 e. The van der Waals surface area contributed by atoms with Crippen molar-refractivity contribution >= 4 is 29.2 Å². The fraction of sp³-hybridized carbons (Fsp3) is 0.594. The van der Waals surface area contributed by atoms with Crippen LogP contribution in [0.25, 0.3) is 0 Å². The first-order valence-electron chi connectivity index (χ1n) is 15.5. The van der Waals surface area contributed by atoms with Crippen LogP contribution in [0.3, 0.4) is 0 Å². The molecule has 3 atom stereocenters. The van der Waals surface area contributed by atoms with Crippen LogP contribution in [0.4, 0.5) is 5.82 Å². The smallest absolute Gasteiger partial charge is 0.309 e. The predicted octanol–water partition coefficient (Wildman–Crippen LogP) is 4.32. The first-order valence-corrected chi connectivity index (χ1v) is 15.8. The summed E-state index contributed by atoms with van der Waals surface area (Å²) in [7, 11) is 0. The molecule has 4 heterocycles. The molecule has 1 saturated carbocycles. The quantitative estimate of drug-likeness (QED) is 0.444. The van der Waals surface area contributed by atoms with E-state index in [2.05, 4.69) is 56.2 Å². The molecule has 1 N–H and O–H groups in total. The second-order valence-electron chi connectivity index (χ2n) is 11.9. The van der Waals surface area contributed by atoms with Crippen LogP contribution in [0.1, 0.15) is 62.1 Å². The number of benzene rings is 1. The van der Waals surface area contributed by atoms with Crippen LogP contribution in [-0.2, 0) is 16.1 Å². The molecule has 2 unspecified atom stereocenters. The lowest BCUT2D eigenvalue weighted by molar-refractivity contribution is -0.144. The number of amidine groups is 1. The van der Waals surface area contributed by atoms with Gasteiger partial charge in [0.05, 0.1) is 24.1 Å². The number of carbonyl (C=O) groups excluding carboxylic acids is 1. The summed E-state index contributed by atoms with van der Waals surface area (Å²) in [6.45, 7) is 12.5. The number of pyridine rings is 1. The van der Waals surface area contributed by atoms with Gasteiger partial charge in [0, 0.05) is 56.6 Å². The number of aliphatic imine (C=N–C) groups is 1. The minimum Gasteiger partial charge on any atom is -0.466 e. The van der Waals surface area contributed by atoms with E-state index in [0.29, 0.717) is 29.6 Å². The Hall–Kier alpha value is -2.68. The molecular weight excluding hydrogens is 536 g/mol. The summed E-state index contributed by atoms with van der Waals surface area (Å²) >= 11 is 6.73. The number of ether oxygens (including phenoxy) is 1. The van der Waals surface area contributed by atoms with Gasteiger partial charge in [-0.2, -0.15) is 0 Å². The number of hydrogen-bond acceptors (Lipinski definition) is 8. The highest BCUT2D eigenvalue weighted by atomic mass is 35.5. The maximum atomic E-state index is 12.0.